The average Bonchev–Trinajstić information content (AvgIpc) is 2.91. The Hall–Kier alpha value is -0.710. The monoisotopic (exact) mass is 367 g/mol. The molecule has 0 amide bonds. The van der Waals surface area contributed by atoms with Gasteiger partial charge in [0.2, 0.25) is 0 Å². The number of fused-ring (bicyclic) bond motifs is 1. The highest BCUT2D eigenvalue weighted by Gasteiger charge is 2.23. The van der Waals surface area contributed by atoms with E-state index in [4.69, 9.17) is 0 Å². The summed E-state index contributed by atoms with van der Waals surface area (Å²) in [7, 11) is 0. The van der Waals surface area contributed by atoms with Crippen molar-refractivity contribution in [2.24, 2.45) is 0 Å². The predicted octanol–water partition coefficient (Wildman–Crippen LogP) is 5.23. The van der Waals surface area contributed by atoms with Gasteiger partial charge in [-0.2, -0.15) is 0 Å². The maximum absolute atomic E-state index is 14.5. The van der Waals surface area contributed by atoms with Crippen molar-refractivity contribution in [3.8, 4) is 0 Å². The van der Waals surface area contributed by atoms with Gasteiger partial charge in [-0.25, -0.2) is 4.39 Å². The van der Waals surface area contributed by atoms with Gasteiger partial charge in [0.1, 0.15) is 5.82 Å². The van der Waals surface area contributed by atoms with Gasteiger partial charge in [-0.3, -0.25) is 0 Å². The number of hydrogen-bond acceptors (Lipinski definition) is 2. The molecule has 1 N–H and O–H groups in total. The normalized spacial score (nSPS) is 15.8. The number of rotatable bonds is 4. The molecule has 1 aromatic carbocycles. The van der Waals surface area contributed by atoms with Gasteiger partial charge in [-0.05, 0) is 65.9 Å². The summed E-state index contributed by atoms with van der Waals surface area (Å²) in [6, 6.07) is 7.77. The molecule has 0 saturated carbocycles. The lowest BCUT2D eigenvalue weighted by molar-refractivity contribution is 0.558. The summed E-state index contributed by atoms with van der Waals surface area (Å²) in [5.74, 6) is -0.158. The summed E-state index contributed by atoms with van der Waals surface area (Å²) < 4.78 is 15.0. The highest BCUT2D eigenvalue weighted by Crippen LogP contribution is 2.36. The van der Waals surface area contributed by atoms with Crippen LogP contribution in [-0.2, 0) is 12.8 Å². The molecule has 0 aliphatic heterocycles. The highest BCUT2D eigenvalue weighted by molar-refractivity contribution is 9.10. The minimum absolute atomic E-state index is 0.0527. The summed E-state index contributed by atoms with van der Waals surface area (Å²) in [6.07, 6.45) is 4.91. The van der Waals surface area contributed by atoms with Crippen LogP contribution in [0.1, 0.15) is 46.7 Å². The molecule has 1 nitrogen and oxygen atoms in total. The second kappa shape index (κ2) is 6.59. The van der Waals surface area contributed by atoms with Crippen molar-refractivity contribution in [1.82, 2.24) is 5.32 Å². The molecule has 0 bridgehead atoms. The molecule has 3 rings (SSSR count). The molecule has 0 spiro atoms. The van der Waals surface area contributed by atoms with Crippen molar-refractivity contribution < 1.29 is 4.39 Å². The van der Waals surface area contributed by atoms with Crippen LogP contribution in [0.25, 0.3) is 0 Å². The predicted molar refractivity (Wildman–Crippen MR) is 90.6 cm³/mol. The highest BCUT2D eigenvalue weighted by atomic mass is 79.9. The van der Waals surface area contributed by atoms with Crippen molar-refractivity contribution in [2.45, 2.75) is 38.6 Å². The zero-order chi connectivity index (χ0) is 14.8. The fraction of sp³-hybridized carbons (Fsp3) is 0.412. The smallest absolute Gasteiger partial charge is 0.142 e. The second-order valence-corrected chi connectivity index (χ2v) is 7.46. The van der Waals surface area contributed by atoms with E-state index >= 15 is 0 Å². The van der Waals surface area contributed by atoms with Crippen molar-refractivity contribution in [3.05, 3.63) is 55.4 Å². The molecule has 21 heavy (non-hydrogen) atoms. The van der Waals surface area contributed by atoms with Crippen LogP contribution in [0.3, 0.4) is 0 Å². The van der Waals surface area contributed by atoms with E-state index in [2.05, 4.69) is 34.2 Å². The number of hydrogen-bond donors (Lipinski definition) is 1. The maximum atomic E-state index is 14.5. The lowest BCUT2D eigenvalue weighted by Gasteiger charge is -2.18. The van der Waals surface area contributed by atoms with Crippen LogP contribution in [0.15, 0.2) is 28.7 Å². The first-order chi connectivity index (χ1) is 10.2. The minimum Gasteiger partial charge on any atom is -0.306 e. The summed E-state index contributed by atoms with van der Waals surface area (Å²) >= 11 is 5.14. The summed E-state index contributed by atoms with van der Waals surface area (Å²) in [5, 5.41) is 3.44. The number of aryl methyl sites for hydroxylation is 2. The Kier molecular flexibility index (Phi) is 4.77. The zero-order valence-electron chi connectivity index (χ0n) is 12.1. The zero-order valence-corrected chi connectivity index (χ0v) is 14.5. The van der Waals surface area contributed by atoms with Gasteiger partial charge in [0, 0.05) is 15.3 Å². The van der Waals surface area contributed by atoms with E-state index < -0.39 is 0 Å². The lowest BCUT2D eigenvalue weighted by atomic mass is 9.97. The molecule has 1 aliphatic carbocycles. The number of benzene rings is 1. The molecular weight excluding hydrogens is 349 g/mol. The molecular formula is C17H19BrFNS. The Morgan fingerprint density at radius 3 is 2.90 bits per heavy atom. The van der Waals surface area contributed by atoms with Crippen LogP contribution in [0.5, 0.6) is 0 Å². The van der Waals surface area contributed by atoms with Gasteiger partial charge < -0.3 is 5.32 Å². The summed E-state index contributed by atoms with van der Waals surface area (Å²) in [4.78, 5) is 2.73. The quantitative estimate of drug-likeness (QED) is 0.780. The van der Waals surface area contributed by atoms with Gasteiger partial charge in [0.05, 0.1) is 10.5 Å². The van der Waals surface area contributed by atoms with Crippen molar-refractivity contribution >= 4 is 27.3 Å². The Balaban J connectivity index is 2.01. The Bertz CT molecular complexity index is 614. The summed E-state index contributed by atoms with van der Waals surface area (Å²) in [6.45, 7) is 2.88. The van der Waals surface area contributed by atoms with Crippen molar-refractivity contribution in [2.75, 3.05) is 6.54 Å². The molecule has 0 saturated heterocycles. The van der Waals surface area contributed by atoms with Gasteiger partial charge in [0.15, 0.2) is 0 Å². The first-order valence-electron chi connectivity index (χ1n) is 7.49. The Morgan fingerprint density at radius 1 is 1.33 bits per heavy atom. The number of nitrogens with one attached hydrogen (secondary N) is 1. The molecule has 0 fully saturated rings. The molecule has 0 radical (unpaired) electrons. The van der Waals surface area contributed by atoms with Crippen LogP contribution in [0, 0.1) is 5.82 Å². The average molecular weight is 368 g/mol. The fourth-order valence-electron chi connectivity index (χ4n) is 2.97. The third kappa shape index (κ3) is 3.08. The van der Waals surface area contributed by atoms with Crippen molar-refractivity contribution in [1.29, 1.82) is 0 Å². The van der Waals surface area contributed by atoms with E-state index in [0.29, 0.717) is 4.47 Å². The van der Waals surface area contributed by atoms with Crippen LogP contribution in [0.4, 0.5) is 4.39 Å². The lowest BCUT2D eigenvalue weighted by Crippen LogP contribution is -2.22. The van der Waals surface area contributed by atoms with Crippen LogP contribution >= 0.6 is 27.3 Å². The molecule has 1 aromatic heterocycles. The fourth-order valence-corrected chi connectivity index (χ4v) is 4.70. The molecule has 2 aromatic rings. The summed E-state index contributed by atoms with van der Waals surface area (Å²) in [5.41, 5.74) is 2.20. The van der Waals surface area contributed by atoms with E-state index in [-0.39, 0.29) is 11.9 Å². The maximum Gasteiger partial charge on any atom is 0.142 e. The van der Waals surface area contributed by atoms with Gasteiger partial charge in [-0.15, -0.1) is 11.3 Å². The molecule has 112 valence electrons. The third-order valence-corrected chi connectivity index (χ3v) is 5.92. The number of thiophene rings is 1. The second-order valence-electron chi connectivity index (χ2n) is 5.44. The van der Waals surface area contributed by atoms with Gasteiger partial charge in [-0.1, -0.05) is 19.1 Å². The van der Waals surface area contributed by atoms with E-state index in [9.17, 15) is 4.39 Å². The van der Waals surface area contributed by atoms with Crippen molar-refractivity contribution in [3.63, 3.8) is 0 Å². The van der Waals surface area contributed by atoms with E-state index in [1.165, 1.54) is 41.0 Å². The molecule has 1 atom stereocenters. The largest absolute Gasteiger partial charge is 0.306 e. The Labute approximate surface area is 137 Å². The van der Waals surface area contributed by atoms with Gasteiger partial charge in [0.25, 0.3) is 0 Å². The van der Waals surface area contributed by atoms with E-state index in [0.717, 1.165) is 12.1 Å². The molecule has 1 aliphatic rings. The topological polar surface area (TPSA) is 12.0 Å². The van der Waals surface area contributed by atoms with E-state index in [1.807, 2.05) is 23.5 Å². The van der Waals surface area contributed by atoms with Crippen LogP contribution < -0.4 is 5.32 Å². The minimum atomic E-state index is -0.158. The van der Waals surface area contributed by atoms with Crippen LogP contribution in [-0.4, -0.2) is 6.54 Å². The standard InChI is InChI=1S/C17H19BrFNS/c1-2-20-17(12-7-5-8-13(18)16(12)19)15-10-11-6-3-4-9-14(11)21-15/h5,7-8,10,17,20H,2-4,6,9H2,1H3. The first-order valence-corrected chi connectivity index (χ1v) is 9.10. The Morgan fingerprint density at radius 2 is 2.14 bits per heavy atom. The number of halogens is 2. The van der Waals surface area contributed by atoms with E-state index in [1.54, 1.807) is 6.07 Å². The molecule has 4 heteroatoms. The van der Waals surface area contributed by atoms with Crippen LogP contribution in [0.2, 0.25) is 0 Å². The molecule has 1 heterocycles. The molecule has 1 unspecified atom stereocenters. The first kappa shape index (κ1) is 15.2. The van der Waals surface area contributed by atoms with Gasteiger partial charge >= 0.3 is 0 Å². The third-order valence-electron chi connectivity index (χ3n) is 4.00. The SMILES string of the molecule is CCNC(c1cc2c(s1)CCCC2)c1cccc(Br)c1F.